The largest absolute Gasteiger partial charge is 0.272 e. The van der Waals surface area contributed by atoms with Crippen LogP contribution in [0.4, 0.5) is 5.69 Å². The van der Waals surface area contributed by atoms with Gasteiger partial charge in [-0.2, -0.15) is 0 Å². The molecular formula is C13H10ClNO2S. The van der Waals surface area contributed by atoms with Gasteiger partial charge in [0.1, 0.15) is 0 Å². The zero-order valence-electron chi connectivity index (χ0n) is 9.59. The molecule has 0 aliphatic rings. The van der Waals surface area contributed by atoms with Crippen LogP contribution in [-0.2, 0) is 0 Å². The number of benzene rings is 2. The van der Waals surface area contributed by atoms with Gasteiger partial charge < -0.3 is 0 Å². The molecule has 0 unspecified atom stereocenters. The minimum Gasteiger partial charge on any atom is -0.258 e. The summed E-state index contributed by atoms with van der Waals surface area (Å²) in [5.74, 6) is 0. The standard InChI is InChI=1S/C13H10ClNO2S/c1-9-8-12(6-7-13(9)15(16)17)18-11-4-2-10(14)3-5-11/h2-8H,1H3. The zero-order valence-corrected chi connectivity index (χ0v) is 11.2. The number of rotatable bonds is 3. The van der Waals surface area contributed by atoms with E-state index in [2.05, 4.69) is 0 Å². The van der Waals surface area contributed by atoms with Crippen LogP contribution in [0.5, 0.6) is 0 Å². The van der Waals surface area contributed by atoms with Crippen molar-refractivity contribution in [1.29, 1.82) is 0 Å². The lowest BCUT2D eigenvalue weighted by Crippen LogP contribution is -1.91. The molecular weight excluding hydrogens is 270 g/mol. The minimum atomic E-state index is -0.369. The van der Waals surface area contributed by atoms with Gasteiger partial charge in [-0.1, -0.05) is 23.4 Å². The first kappa shape index (κ1) is 12.9. The molecule has 0 spiro atoms. The third-order valence-electron chi connectivity index (χ3n) is 2.41. The lowest BCUT2D eigenvalue weighted by molar-refractivity contribution is -0.385. The molecule has 2 aromatic rings. The number of hydrogen-bond acceptors (Lipinski definition) is 3. The summed E-state index contributed by atoms with van der Waals surface area (Å²) in [5, 5.41) is 11.4. The average molecular weight is 280 g/mol. The van der Waals surface area contributed by atoms with E-state index < -0.39 is 0 Å². The maximum Gasteiger partial charge on any atom is 0.272 e. The second kappa shape index (κ2) is 5.42. The summed E-state index contributed by atoms with van der Waals surface area (Å²) in [6.07, 6.45) is 0. The van der Waals surface area contributed by atoms with Crippen LogP contribution in [0.2, 0.25) is 5.02 Å². The summed E-state index contributed by atoms with van der Waals surface area (Å²) >= 11 is 7.36. The van der Waals surface area contributed by atoms with E-state index in [1.165, 1.54) is 6.07 Å². The molecule has 18 heavy (non-hydrogen) atoms. The van der Waals surface area contributed by atoms with Gasteiger partial charge in [-0.05, 0) is 43.3 Å². The van der Waals surface area contributed by atoms with Gasteiger partial charge in [0.25, 0.3) is 5.69 Å². The Morgan fingerprint density at radius 1 is 1.11 bits per heavy atom. The highest BCUT2D eigenvalue weighted by molar-refractivity contribution is 7.99. The van der Waals surface area contributed by atoms with E-state index in [4.69, 9.17) is 11.6 Å². The van der Waals surface area contributed by atoms with Crippen molar-refractivity contribution in [3.8, 4) is 0 Å². The lowest BCUT2D eigenvalue weighted by Gasteiger charge is -2.03. The van der Waals surface area contributed by atoms with Gasteiger partial charge in [0, 0.05) is 26.4 Å². The van der Waals surface area contributed by atoms with Gasteiger partial charge in [0.05, 0.1) is 4.92 Å². The Kier molecular flexibility index (Phi) is 3.89. The molecule has 0 saturated carbocycles. The van der Waals surface area contributed by atoms with Crippen LogP contribution in [0.15, 0.2) is 52.3 Å². The molecule has 5 heteroatoms. The molecule has 0 aliphatic heterocycles. The van der Waals surface area contributed by atoms with Gasteiger partial charge in [-0.25, -0.2) is 0 Å². The molecule has 2 rings (SSSR count). The number of hydrogen-bond donors (Lipinski definition) is 0. The van der Waals surface area contributed by atoms with E-state index in [9.17, 15) is 10.1 Å². The van der Waals surface area contributed by atoms with Gasteiger partial charge in [0.15, 0.2) is 0 Å². The molecule has 0 amide bonds. The molecule has 0 bridgehead atoms. The van der Waals surface area contributed by atoms with E-state index in [0.717, 1.165) is 9.79 Å². The fourth-order valence-corrected chi connectivity index (χ4v) is 2.58. The fraction of sp³-hybridized carbons (Fsp3) is 0.0769. The van der Waals surface area contributed by atoms with Crippen molar-refractivity contribution in [1.82, 2.24) is 0 Å². The summed E-state index contributed by atoms with van der Waals surface area (Å²) in [6, 6.07) is 12.6. The van der Waals surface area contributed by atoms with Crippen LogP contribution < -0.4 is 0 Å². The van der Waals surface area contributed by atoms with Gasteiger partial charge in [-0.15, -0.1) is 0 Å². The Morgan fingerprint density at radius 3 is 2.28 bits per heavy atom. The topological polar surface area (TPSA) is 43.1 Å². The number of nitrogens with zero attached hydrogens (tertiary/aromatic N) is 1. The van der Waals surface area contributed by atoms with E-state index in [1.54, 1.807) is 24.8 Å². The third kappa shape index (κ3) is 3.03. The minimum absolute atomic E-state index is 0.149. The molecule has 0 heterocycles. The van der Waals surface area contributed by atoms with Crippen molar-refractivity contribution >= 4 is 29.1 Å². The van der Waals surface area contributed by atoms with Crippen molar-refractivity contribution in [2.45, 2.75) is 16.7 Å². The molecule has 0 saturated heterocycles. The second-order valence-corrected chi connectivity index (χ2v) is 5.34. The molecule has 0 atom stereocenters. The predicted molar refractivity (Wildman–Crippen MR) is 73.4 cm³/mol. The molecule has 0 aliphatic carbocycles. The number of nitro groups is 1. The van der Waals surface area contributed by atoms with Gasteiger partial charge in [-0.3, -0.25) is 10.1 Å². The number of aryl methyl sites for hydroxylation is 1. The first-order valence-electron chi connectivity index (χ1n) is 5.25. The Bertz CT molecular complexity index is 584. The normalized spacial score (nSPS) is 10.3. The first-order valence-corrected chi connectivity index (χ1v) is 6.44. The maximum absolute atomic E-state index is 10.7. The molecule has 0 N–H and O–H groups in total. The van der Waals surface area contributed by atoms with Crippen LogP contribution in [0.3, 0.4) is 0 Å². The van der Waals surface area contributed by atoms with E-state index in [-0.39, 0.29) is 10.6 Å². The van der Waals surface area contributed by atoms with Crippen LogP contribution >= 0.6 is 23.4 Å². The summed E-state index contributed by atoms with van der Waals surface area (Å²) in [5.41, 5.74) is 0.814. The Labute approximate surface area is 114 Å². The monoisotopic (exact) mass is 279 g/mol. The highest BCUT2D eigenvalue weighted by Crippen LogP contribution is 2.31. The lowest BCUT2D eigenvalue weighted by atomic mass is 10.2. The van der Waals surface area contributed by atoms with Crippen molar-refractivity contribution in [3.63, 3.8) is 0 Å². The second-order valence-electron chi connectivity index (χ2n) is 3.76. The highest BCUT2D eigenvalue weighted by Gasteiger charge is 2.10. The Hall–Kier alpha value is -1.52. The predicted octanol–water partition coefficient (Wildman–Crippen LogP) is 4.71. The molecule has 2 aromatic carbocycles. The fourth-order valence-electron chi connectivity index (χ4n) is 1.54. The van der Waals surface area contributed by atoms with Crippen LogP contribution in [-0.4, -0.2) is 4.92 Å². The molecule has 3 nitrogen and oxygen atoms in total. The smallest absolute Gasteiger partial charge is 0.258 e. The van der Waals surface area contributed by atoms with Crippen LogP contribution in [0.25, 0.3) is 0 Å². The SMILES string of the molecule is Cc1cc(Sc2ccc(Cl)cc2)ccc1[N+](=O)[O-]. The molecule has 92 valence electrons. The van der Waals surface area contributed by atoms with Crippen molar-refractivity contribution in [2.24, 2.45) is 0 Å². The van der Waals surface area contributed by atoms with Gasteiger partial charge >= 0.3 is 0 Å². The summed E-state index contributed by atoms with van der Waals surface area (Å²) in [6.45, 7) is 1.74. The van der Waals surface area contributed by atoms with E-state index in [0.29, 0.717) is 10.6 Å². The van der Waals surface area contributed by atoms with Crippen molar-refractivity contribution in [3.05, 3.63) is 63.2 Å². The summed E-state index contributed by atoms with van der Waals surface area (Å²) in [7, 11) is 0. The van der Waals surface area contributed by atoms with Crippen LogP contribution in [0, 0.1) is 17.0 Å². The van der Waals surface area contributed by atoms with E-state index in [1.807, 2.05) is 30.3 Å². The first-order chi connectivity index (χ1) is 8.56. The van der Waals surface area contributed by atoms with Crippen LogP contribution in [0.1, 0.15) is 5.56 Å². The Morgan fingerprint density at radius 2 is 1.72 bits per heavy atom. The maximum atomic E-state index is 10.7. The van der Waals surface area contributed by atoms with E-state index >= 15 is 0 Å². The zero-order chi connectivity index (χ0) is 13.1. The number of halogens is 1. The molecule has 0 aromatic heterocycles. The summed E-state index contributed by atoms with van der Waals surface area (Å²) in [4.78, 5) is 12.4. The van der Waals surface area contributed by atoms with Gasteiger partial charge in [0.2, 0.25) is 0 Å². The molecule has 0 radical (unpaired) electrons. The summed E-state index contributed by atoms with van der Waals surface area (Å²) < 4.78 is 0. The van der Waals surface area contributed by atoms with Crippen molar-refractivity contribution < 1.29 is 4.92 Å². The average Bonchev–Trinajstić information content (AvgIpc) is 2.32. The molecule has 0 fully saturated rings. The third-order valence-corrected chi connectivity index (χ3v) is 3.66. The number of nitro benzene ring substituents is 1. The Balaban J connectivity index is 2.22. The van der Waals surface area contributed by atoms with Crippen molar-refractivity contribution in [2.75, 3.05) is 0 Å². The highest BCUT2D eigenvalue weighted by atomic mass is 35.5. The quantitative estimate of drug-likeness (QED) is 0.604.